The number of nitrogens with one attached hydrogen (secondary N) is 1. The van der Waals surface area contributed by atoms with Crippen LogP contribution in [0.1, 0.15) is 18.7 Å². The van der Waals surface area contributed by atoms with Gasteiger partial charge in [0.2, 0.25) is 0 Å². The fourth-order valence-corrected chi connectivity index (χ4v) is 2.04. The number of likely N-dealkylation sites (N-methyl/N-ethyl adjacent to an activating group) is 1. The summed E-state index contributed by atoms with van der Waals surface area (Å²) in [4.78, 5) is 4.23. The van der Waals surface area contributed by atoms with Gasteiger partial charge in [-0.1, -0.05) is 0 Å². The minimum Gasteiger partial charge on any atom is -0.377 e. The van der Waals surface area contributed by atoms with Gasteiger partial charge in [0.25, 0.3) is 0 Å². The van der Waals surface area contributed by atoms with Gasteiger partial charge in [-0.15, -0.1) is 0 Å². The molecule has 2 atom stereocenters. The summed E-state index contributed by atoms with van der Waals surface area (Å²) in [7, 11) is 3.90. The quantitative estimate of drug-likeness (QED) is 0.767. The monoisotopic (exact) mass is 210 g/mol. The predicted molar refractivity (Wildman–Crippen MR) is 56.5 cm³/mol. The second-order valence-corrected chi connectivity index (χ2v) is 3.95. The van der Waals surface area contributed by atoms with Crippen LogP contribution in [0.4, 0.5) is 0 Å². The van der Waals surface area contributed by atoms with Gasteiger partial charge in [-0.25, -0.2) is 4.98 Å². The van der Waals surface area contributed by atoms with Crippen LogP contribution in [0.25, 0.3) is 0 Å². The lowest BCUT2D eigenvalue weighted by Gasteiger charge is -2.21. The maximum absolute atomic E-state index is 5.67. The number of rotatable bonds is 4. The molecule has 1 aromatic heterocycles. The van der Waals surface area contributed by atoms with E-state index >= 15 is 0 Å². The fraction of sp³-hybridized carbons (Fsp3) is 0.800. The standard InChI is InChI=1S/C10H18N4O/c1-11-8(9-4-3-5-15-9)6-10-12-7-13-14(10)2/h7-9,11H,3-6H2,1-2H3. The molecule has 0 spiro atoms. The van der Waals surface area contributed by atoms with Crippen molar-refractivity contribution in [3.05, 3.63) is 12.2 Å². The van der Waals surface area contributed by atoms with E-state index < -0.39 is 0 Å². The number of aryl methyl sites for hydroxylation is 1. The molecule has 0 aromatic carbocycles. The van der Waals surface area contributed by atoms with Crippen molar-refractivity contribution in [1.82, 2.24) is 20.1 Å². The highest BCUT2D eigenvalue weighted by molar-refractivity contribution is 4.92. The lowest BCUT2D eigenvalue weighted by atomic mass is 10.0. The molecule has 1 aliphatic heterocycles. The Kier molecular flexibility index (Phi) is 3.33. The third-order valence-corrected chi connectivity index (χ3v) is 2.99. The molecule has 1 aliphatic rings. The van der Waals surface area contributed by atoms with Gasteiger partial charge in [0, 0.05) is 26.1 Å². The van der Waals surface area contributed by atoms with E-state index in [1.54, 1.807) is 6.33 Å². The summed E-state index contributed by atoms with van der Waals surface area (Å²) in [6.07, 6.45) is 5.10. The van der Waals surface area contributed by atoms with E-state index in [2.05, 4.69) is 15.4 Å². The Morgan fingerprint density at radius 3 is 3.13 bits per heavy atom. The zero-order chi connectivity index (χ0) is 10.7. The maximum atomic E-state index is 5.67. The van der Waals surface area contributed by atoms with E-state index in [9.17, 15) is 0 Å². The minimum absolute atomic E-state index is 0.326. The number of hydrogen-bond acceptors (Lipinski definition) is 4. The van der Waals surface area contributed by atoms with Crippen molar-refractivity contribution in [3.63, 3.8) is 0 Å². The lowest BCUT2D eigenvalue weighted by molar-refractivity contribution is 0.0799. The first-order chi connectivity index (χ1) is 7.31. The Bertz CT molecular complexity index is 306. The number of aromatic nitrogens is 3. The van der Waals surface area contributed by atoms with Crippen LogP contribution in [0.3, 0.4) is 0 Å². The summed E-state index contributed by atoms with van der Waals surface area (Å²) in [5.41, 5.74) is 0. The molecule has 0 saturated carbocycles. The van der Waals surface area contributed by atoms with E-state index in [1.807, 2.05) is 18.8 Å². The van der Waals surface area contributed by atoms with Crippen LogP contribution in [0, 0.1) is 0 Å². The molecule has 84 valence electrons. The summed E-state index contributed by atoms with van der Waals surface area (Å²) in [6.45, 7) is 0.891. The second-order valence-electron chi connectivity index (χ2n) is 3.95. The van der Waals surface area contributed by atoms with Crippen LogP contribution in [0.5, 0.6) is 0 Å². The summed E-state index contributed by atoms with van der Waals surface area (Å²) in [5, 5.41) is 7.37. The van der Waals surface area contributed by atoms with Gasteiger partial charge >= 0.3 is 0 Å². The highest BCUT2D eigenvalue weighted by atomic mass is 16.5. The molecule has 2 rings (SSSR count). The largest absolute Gasteiger partial charge is 0.377 e. The molecule has 2 heterocycles. The van der Waals surface area contributed by atoms with Gasteiger partial charge < -0.3 is 10.1 Å². The Balaban J connectivity index is 1.98. The van der Waals surface area contributed by atoms with Crippen molar-refractivity contribution < 1.29 is 4.74 Å². The van der Waals surface area contributed by atoms with Crippen LogP contribution >= 0.6 is 0 Å². The van der Waals surface area contributed by atoms with Crippen molar-refractivity contribution >= 4 is 0 Å². The Hall–Kier alpha value is -0.940. The third-order valence-electron chi connectivity index (χ3n) is 2.99. The van der Waals surface area contributed by atoms with Gasteiger partial charge in [0.05, 0.1) is 6.10 Å². The van der Waals surface area contributed by atoms with Crippen LogP contribution in [0.15, 0.2) is 6.33 Å². The molecule has 0 amide bonds. The molecule has 1 fully saturated rings. The highest BCUT2D eigenvalue weighted by Gasteiger charge is 2.25. The third kappa shape index (κ3) is 2.35. The first-order valence-corrected chi connectivity index (χ1v) is 5.43. The normalized spacial score (nSPS) is 23.2. The van der Waals surface area contributed by atoms with E-state index in [0.29, 0.717) is 12.1 Å². The molecular weight excluding hydrogens is 192 g/mol. The molecular formula is C10H18N4O. The van der Waals surface area contributed by atoms with Gasteiger partial charge in [-0.05, 0) is 19.9 Å². The van der Waals surface area contributed by atoms with Crippen LogP contribution < -0.4 is 5.32 Å². The average molecular weight is 210 g/mol. The molecule has 15 heavy (non-hydrogen) atoms. The Labute approximate surface area is 89.8 Å². The summed E-state index contributed by atoms with van der Waals surface area (Å²) < 4.78 is 7.49. The summed E-state index contributed by atoms with van der Waals surface area (Å²) in [6, 6.07) is 0.343. The average Bonchev–Trinajstić information content (AvgIpc) is 2.86. The molecule has 1 aromatic rings. The summed E-state index contributed by atoms with van der Waals surface area (Å²) >= 11 is 0. The van der Waals surface area contributed by atoms with Crippen molar-refractivity contribution in [2.75, 3.05) is 13.7 Å². The fourth-order valence-electron chi connectivity index (χ4n) is 2.04. The molecule has 1 saturated heterocycles. The van der Waals surface area contributed by atoms with Crippen molar-refractivity contribution in [3.8, 4) is 0 Å². The van der Waals surface area contributed by atoms with Gasteiger partial charge in [-0.2, -0.15) is 5.10 Å². The van der Waals surface area contributed by atoms with E-state index in [-0.39, 0.29) is 0 Å². The first-order valence-electron chi connectivity index (χ1n) is 5.43. The highest BCUT2D eigenvalue weighted by Crippen LogP contribution is 2.17. The number of nitrogens with zero attached hydrogens (tertiary/aromatic N) is 3. The molecule has 0 radical (unpaired) electrons. The minimum atomic E-state index is 0.326. The molecule has 0 aliphatic carbocycles. The van der Waals surface area contributed by atoms with Gasteiger partial charge in [0.15, 0.2) is 0 Å². The topological polar surface area (TPSA) is 52.0 Å². The van der Waals surface area contributed by atoms with Crippen molar-refractivity contribution in [1.29, 1.82) is 0 Å². The SMILES string of the molecule is CNC(Cc1ncnn1C)C1CCCO1. The van der Waals surface area contributed by atoms with Gasteiger partial charge in [-0.3, -0.25) is 4.68 Å². The second kappa shape index (κ2) is 4.72. The summed E-state index contributed by atoms with van der Waals surface area (Å²) in [5.74, 6) is 1.00. The zero-order valence-corrected chi connectivity index (χ0v) is 9.31. The Morgan fingerprint density at radius 2 is 2.60 bits per heavy atom. The van der Waals surface area contributed by atoms with E-state index in [4.69, 9.17) is 4.74 Å². The molecule has 1 N–H and O–H groups in total. The molecule has 5 heteroatoms. The van der Waals surface area contributed by atoms with E-state index in [1.165, 1.54) is 6.42 Å². The zero-order valence-electron chi connectivity index (χ0n) is 9.31. The van der Waals surface area contributed by atoms with Gasteiger partial charge in [0.1, 0.15) is 12.2 Å². The Morgan fingerprint density at radius 1 is 1.73 bits per heavy atom. The number of hydrogen-bond donors (Lipinski definition) is 1. The lowest BCUT2D eigenvalue weighted by Crippen LogP contribution is -2.39. The first kappa shape index (κ1) is 10.6. The maximum Gasteiger partial charge on any atom is 0.138 e. The predicted octanol–water partition coefficient (Wildman–Crippen LogP) is 0.125. The smallest absolute Gasteiger partial charge is 0.138 e. The molecule has 2 unspecified atom stereocenters. The van der Waals surface area contributed by atoms with Crippen molar-refractivity contribution in [2.24, 2.45) is 7.05 Å². The van der Waals surface area contributed by atoms with Crippen LogP contribution in [-0.4, -0.2) is 40.6 Å². The van der Waals surface area contributed by atoms with Crippen LogP contribution in [0.2, 0.25) is 0 Å². The number of ether oxygens (including phenoxy) is 1. The molecule has 5 nitrogen and oxygen atoms in total. The van der Waals surface area contributed by atoms with Crippen molar-refractivity contribution in [2.45, 2.75) is 31.4 Å². The van der Waals surface area contributed by atoms with Crippen LogP contribution in [-0.2, 0) is 18.2 Å². The van der Waals surface area contributed by atoms with E-state index in [0.717, 1.165) is 25.3 Å². The molecule has 0 bridgehead atoms.